The van der Waals surface area contributed by atoms with Gasteiger partial charge in [-0.2, -0.15) is 0 Å². The highest BCUT2D eigenvalue weighted by Gasteiger charge is 2.28. The van der Waals surface area contributed by atoms with Gasteiger partial charge in [0.2, 0.25) is 5.91 Å². The molecule has 0 saturated carbocycles. The van der Waals surface area contributed by atoms with Crippen LogP contribution in [0.1, 0.15) is 46.5 Å². The first-order chi connectivity index (χ1) is 7.95. The van der Waals surface area contributed by atoms with E-state index >= 15 is 0 Å². The van der Waals surface area contributed by atoms with Crippen molar-refractivity contribution >= 4 is 18.3 Å². The van der Waals surface area contributed by atoms with E-state index in [2.05, 4.69) is 31.0 Å². The quantitative estimate of drug-likeness (QED) is 0.860. The lowest BCUT2D eigenvalue weighted by atomic mass is 9.77. The average molecular weight is 277 g/mol. The SMILES string of the molecule is CNCCC(=O)N1CCCC(C(C)(C)C)CC1.Cl. The van der Waals surface area contributed by atoms with Crippen LogP contribution in [-0.4, -0.2) is 37.5 Å². The van der Waals surface area contributed by atoms with E-state index in [1.54, 1.807) is 0 Å². The molecule has 0 aromatic rings. The number of hydrogen-bond acceptors (Lipinski definition) is 2. The number of carbonyl (C=O) groups is 1. The Morgan fingerprint density at radius 2 is 1.94 bits per heavy atom. The van der Waals surface area contributed by atoms with Crippen LogP contribution >= 0.6 is 12.4 Å². The second-order valence-corrected chi connectivity index (χ2v) is 6.23. The summed E-state index contributed by atoms with van der Waals surface area (Å²) >= 11 is 0. The Morgan fingerprint density at radius 1 is 1.28 bits per heavy atom. The number of rotatable bonds is 3. The lowest BCUT2D eigenvalue weighted by Gasteiger charge is -2.29. The molecule has 1 aliphatic rings. The summed E-state index contributed by atoms with van der Waals surface area (Å²) < 4.78 is 0. The number of hydrogen-bond donors (Lipinski definition) is 1. The van der Waals surface area contributed by atoms with Gasteiger partial charge in [-0.25, -0.2) is 0 Å². The summed E-state index contributed by atoms with van der Waals surface area (Å²) in [5.74, 6) is 1.07. The fourth-order valence-corrected chi connectivity index (χ4v) is 2.60. The molecule has 1 unspecified atom stereocenters. The molecule has 1 atom stereocenters. The van der Waals surface area contributed by atoms with Crippen molar-refractivity contribution in [2.24, 2.45) is 11.3 Å². The highest BCUT2D eigenvalue weighted by molar-refractivity contribution is 5.85. The Morgan fingerprint density at radius 3 is 2.50 bits per heavy atom. The first-order valence-electron chi connectivity index (χ1n) is 6.87. The number of likely N-dealkylation sites (tertiary alicyclic amines) is 1. The Hall–Kier alpha value is -0.280. The smallest absolute Gasteiger partial charge is 0.223 e. The zero-order valence-corrected chi connectivity index (χ0v) is 13.1. The van der Waals surface area contributed by atoms with E-state index in [1.807, 2.05) is 7.05 Å². The van der Waals surface area contributed by atoms with E-state index in [-0.39, 0.29) is 12.4 Å². The third kappa shape index (κ3) is 5.57. The van der Waals surface area contributed by atoms with E-state index in [4.69, 9.17) is 0 Å². The number of nitrogens with one attached hydrogen (secondary N) is 1. The zero-order valence-electron chi connectivity index (χ0n) is 12.3. The molecule has 0 aromatic carbocycles. The van der Waals surface area contributed by atoms with Crippen molar-refractivity contribution in [2.45, 2.75) is 46.5 Å². The molecule has 18 heavy (non-hydrogen) atoms. The predicted molar refractivity (Wildman–Crippen MR) is 79.2 cm³/mol. The highest BCUT2D eigenvalue weighted by atomic mass is 35.5. The highest BCUT2D eigenvalue weighted by Crippen LogP contribution is 2.34. The molecule has 1 rings (SSSR count). The minimum Gasteiger partial charge on any atom is -0.343 e. The number of amides is 1. The largest absolute Gasteiger partial charge is 0.343 e. The number of halogens is 1. The summed E-state index contributed by atoms with van der Waals surface area (Å²) in [7, 11) is 1.89. The molecule has 0 aromatic heterocycles. The van der Waals surface area contributed by atoms with Crippen molar-refractivity contribution in [3.63, 3.8) is 0 Å². The number of nitrogens with zero attached hydrogens (tertiary/aromatic N) is 1. The molecule has 0 spiro atoms. The van der Waals surface area contributed by atoms with Gasteiger partial charge in [-0.1, -0.05) is 20.8 Å². The molecule has 1 heterocycles. The molecule has 4 heteroatoms. The third-order valence-electron chi connectivity index (χ3n) is 3.89. The van der Waals surface area contributed by atoms with Gasteiger partial charge in [-0.15, -0.1) is 12.4 Å². The van der Waals surface area contributed by atoms with Gasteiger partial charge in [0, 0.05) is 26.1 Å². The summed E-state index contributed by atoms with van der Waals surface area (Å²) in [6, 6.07) is 0. The van der Waals surface area contributed by atoms with Crippen LogP contribution in [-0.2, 0) is 4.79 Å². The molecular weight excluding hydrogens is 248 g/mol. The lowest BCUT2D eigenvalue weighted by molar-refractivity contribution is -0.131. The molecule has 0 radical (unpaired) electrons. The maximum atomic E-state index is 12.0. The summed E-state index contributed by atoms with van der Waals surface area (Å²) in [6.07, 6.45) is 4.22. The first-order valence-corrected chi connectivity index (χ1v) is 6.87. The van der Waals surface area contributed by atoms with Gasteiger partial charge in [-0.3, -0.25) is 4.79 Å². The molecule has 0 aliphatic carbocycles. The molecule has 1 saturated heterocycles. The van der Waals surface area contributed by atoms with Crippen molar-refractivity contribution in [2.75, 3.05) is 26.7 Å². The van der Waals surface area contributed by atoms with Crippen molar-refractivity contribution in [3.05, 3.63) is 0 Å². The zero-order chi connectivity index (χ0) is 12.9. The minimum absolute atomic E-state index is 0. The van der Waals surface area contributed by atoms with Crippen molar-refractivity contribution in [1.29, 1.82) is 0 Å². The summed E-state index contributed by atoms with van der Waals surface area (Å²) in [4.78, 5) is 14.0. The van der Waals surface area contributed by atoms with Crippen LogP contribution in [0.2, 0.25) is 0 Å². The summed E-state index contributed by atoms with van der Waals surface area (Å²) in [5, 5.41) is 3.04. The third-order valence-corrected chi connectivity index (χ3v) is 3.89. The van der Waals surface area contributed by atoms with Crippen molar-refractivity contribution < 1.29 is 4.79 Å². The van der Waals surface area contributed by atoms with E-state index in [9.17, 15) is 4.79 Å². The number of carbonyl (C=O) groups excluding carboxylic acids is 1. The molecule has 1 amide bonds. The summed E-state index contributed by atoms with van der Waals surface area (Å²) in [6.45, 7) is 9.64. The van der Waals surface area contributed by atoms with Crippen LogP contribution in [0.5, 0.6) is 0 Å². The predicted octanol–water partition coefficient (Wildman–Crippen LogP) is 2.69. The maximum absolute atomic E-state index is 12.0. The topological polar surface area (TPSA) is 32.3 Å². The fourth-order valence-electron chi connectivity index (χ4n) is 2.60. The molecule has 1 fully saturated rings. The molecule has 0 bridgehead atoms. The van der Waals surface area contributed by atoms with Gasteiger partial charge in [0.05, 0.1) is 0 Å². The van der Waals surface area contributed by atoms with Crippen molar-refractivity contribution in [3.8, 4) is 0 Å². The molecule has 3 nitrogen and oxygen atoms in total. The molecule has 1 aliphatic heterocycles. The Balaban J connectivity index is 0.00000289. The van der Waals surface area contributed by atoms with Gasteiger partial charge in [0.15, 0.2) is 0 Å². The van der Waals surface area contributed by atoms with Gasteiger partial charge < -0.3 is 10.2 Å². The van der Waals surface area contributed by atoms with Gasteiger partial charge in [0.1, 0.15) is 0 Å². The van der Waals surface area contributed by atoms with E-state index in [0.717, 1.165) is 38.4 Å². The molecule has 108 valence electrons. The van der Waals surface area contributed by atoms with Crippen LogP contribution in [0.15, 0.2) is 0 Å². The van der Waals surface area contributed by atoms with E-state index in [0.29, 0.717) is 17.7 Å². The van der Waals surface area contributed by atoms with Gasteiger partial charge in [-0.05, 0) is 37.6 Å². The van der Waals surface area contributed by atoms with E-state index < -0.39 is 0 Å². The fraction of sp³-hybridized carbons (Fsp3) is 0.929. The minimum atomic E-state index is 0. The van der Waals surface area contributed by atoms with E-state index in [1.165, 1.54) is 6.42 Å². The van der Waals surface area contributed by atoms with Gasteiger partial charge in [0.25, 0.3) is 0 Å². The van der Waals surface area contributed by atoms with Crippen LogP contribution in [0, 0.1) is 11.3 Å². The monoisotopic (exact) mass is 276 g/mol. The van der Waals surface area contributed by atoms with Crippen LogP contribution in [0.4, 0.5) is 0 Å². The van der Waals surface area contributed by atoms with Crippen molar-refractivity contribution in [1.82, 2.24) is 10.2 Å². The molecular formula is C14H29ClN2O. The Bertz CT molecular complexity index is 251. The lowest BCUT2D eigenvalue weighted by Crippen LogP contribution is -2.34. The van der Waals surface area contributed by atoms with Crippen LogP contribution in [0.3, 0.4) is 0 Å². The standard InChI is InChI=1S/C14H28N2O.ClH/c1-14(2,3)12-6-5-10-16(11-8-12)13(17)7-9-15-4;/h12,15H,5-11H2,1-4H3;1H. The average Bonchev–Trinajstić information content (AvgIpc) is 2.50. The Labute approximate surface area is 118 Å². The van der Waals surface area contributed by atoms with Gasteiger partial charge >= 0.3 is 0 Å². The molecule has 1 N–H and O–H groups in total. The maximum Gasteiger partial charge on any atom is 0.223 e. The Kier molecular flexibility index (Phi) is 7.88. The second kappa shape index (κ2) is 8.00. The second-order valence-electron chi connectivity index (χ2n) is 6.23. The van der Waals surface area contributed by atoms with Crippen LogP contribution in [0.25, 0.3) is 0 Å². The summed E-state index contributed by atoms with van der Waals surface area (Å²) in [5.41, 5.74) is 0.379. The first kappa shape index (κ1) is 17.7. The normalized spacial score (nSPS) is 21.1. The van der Waals surface area contributed by atoms with Crippen LogP contribution < -0.4 is 5.32 Å².